The number of carbonyl (C=O) groups excluding carboxylic acids is 1. The monoisotopic (exact) mass is 462 g/mol. The Morgan fingerprint density at radius 1 is 1.31 bits per heavy atom. The highest BCUT2D eigenvalue weighted by molar-refractivity contribution is 5.78. The van der Waals surface area contributed by atoms with E-state index < -0.39 is 12.1 Å². The molecule has 0 radical (unpaired) electrons. The molecule has 11 heteroatoms. The predicted octanol–water partition coefficient (Wildman–Crippen LogP) is 2.58. The number of amides is 1. The largest absolute Gasteiger partial charge is 0.490 e. The molecule has 2 aliphatic rings. The van der Waals surface area contributed by atoms with Crippen LogP contribution in [0.1, 0.15) is 31.2 Å². The molecule has 1 aromatic heterocycles. The fraction of sp³-hybridized carbons (Fsp3) is 0.667. The SMILES string of the molecule is CCOCC(=O)N1CC2(C1)OCCC2CCOCc1cccc(C)n1.O=C(O)C(F)(F)F. The summed E-state index contributed by atoms with van der Waals surface area (Å²) in [5, 5.41) is 7.12. The summed E-state index contributed by atoms with van der Waals surface area (Å²) in [6.45, 7) is 8.00. The van der Waals surface area contributed by atoms with E-state index in [1.807, 2.05) is 36.9 Å². The zero-order valence-electron chi connectivity index (χ0n) is 18.2. The molecule has 0 aliphatic carbocycles. The lowest BCUT2D eigenvalue weighted by Gasteiger charge is -2.50. The lowest BCUT2D eigenvalue weighted by atomic mass is 9.79. The first-order chi connectivity index (χ1) is 15.1. The Balaban J connectivity index is 0.000000451. The van der Waals surface area contributed by atoms with Crippen molar-refractivity contribution >= 4 is 11.9 Å². The van der Waals surface area contributed by atoms with Crippen molar-refractivity contribution < 1.29 is 42.1 Å². The molecule has 1 spiro atoms. The summed E-state index contributed by atoms with van der Waals surface area (Å²) < 4.78 is 48.7. The van der Waals surface area contributed by atoms with Crippen molar-refractivity contribution in [2.75, 3.05) is 39.5 Å². The van der Waals surface area contributed by atoms with Gasteiger partial charge in [-0.25, -0.2) is 4.79 Å². The molecule has 2 fully saturated rings. The molecule has 3 heterocycles. The van der Waals surface area contributed by atoms with Gasteiger partial charge in [0.2, 0.25) is 5.91 Å². The van der Waals surface area contributed by atoms with Gasteiger partial charge in [-0.05, 0) is 44.7 Å². The number of aromatic nitrogens is 1. The van der Waals surface area contributed by atoms with E-state index in [1.165, 1.54) is 0 Å². The average Bonchev–Trinajstić information content (AvgIpc) is 3.12. The molecule has 0 saturated carbocycles. The Bertz CT molecular complexity index is 768. The Morgan fingerprint density at radius 3 is 2.59 bits per heavy atom. The highest BCUT2D eigenvalue weighted by Crippen LogP contribution is 2.41. The number of alkyl halides is 3. The Kier molecular flexibility index (Phi) is 9.41. The maximum absolute atomic E-state index is 12.0. The fourth-order valence-corrected chi connectivity index (χ4v) is 3.68. The van der Waals surface area contributed by atoms with Crippen LogP contribution in [0.25, 0.3) is 0 Å². The molecule has 1 N–H and O–H groups in total. The van der Waals surface area contributed by atoms with Gasteiger partial charge >= 0.3 is 12.1 Å². The van der Waals surface area contributed by atoms with Gasteiger partial charge < -0.3 is 24.2 Å². The molecule has 1 unspecified atom stereocenters. The maximum Gasteiger partial charge on any atom is 0.490 e. The minimum absolute atomic E-state index is 0.0588. The number of carboxylic acid groups (broad SMARTS) is 1. The minimum Gasteiger partial charge on any atom is -0.475 e. The van der Waals surface area contributed by atoms with Crippen molar-refractivity contribution in [2.24, 2.45) is 5.92 Å². The molecule has 2 saturated heterocycles. The van der Waals surface area contributed by atoms with Crippen molar-refractivity contribution in [3.63, 3.8) is 0 Å². The van der Waals surface area contributed by atoms with Gasteiger partial charge in [-0.15, -0.1) is 0 Å². The molecule has 2 aliphatic heterocycles. The Morgan fingerprint density at radius 2 is 2.00 bits per heavy atom. The number of carbonyl (C=O) groups is 2. The van der Waals surface area contributed by atoms with Crippen molar-refractivity contribution in [3.05, 3.63) is 29.6 Å². The quantitative estimate of drug-likeness (QED) is 0.593. The van der Waals surface area contributed by atoms with Crippen LogP contribution in [0.2, 0.25) is 0 Å². The molecule has 3 rings (SSSR count). The Labute approximate surface area is 184 Å². The fourth-order valence-electron chi connectivity index (χ4n) is 3.68. The minimum atomic E-state index is -5.08. The van der Waals surface area contributed by atoms with Gasteiger partial charge in [-0.1, -0.05) is 6.07 Å². The first-order valence-electron chi connectivity index (χ1n) is 10.4. The van der Waals surface area contributed by atoms with Gasteiger partial charge in [0.25, 0.3) is 0 Å². The molecular formula is C21H29F3N2O6. The van der Waals surface area contributed by atoms with Gasteiger partial charge in [0.15, 0.2) is 0 Å². The lowest BCUT2D eigenvalue weighted by molar-refractivity contribution is -0.192. The summed E-state index contributed by atoms with van der Waals surface area (Å²) in [6, 6.07) is 5.97. The van der Waals surface area contributed by atoms with Gasteiger partial charge in [0.1, 0.15) is 12.2 Å². The highest BCUT2D eigenvalue weighted by Gasteiger charge is 2.53. The van der Waals surface area contributed by atoms with Crippen LogP contribution in [-0.4, -0.2) is 78.2 Å². The molecule has 1 atom stereocenters. The number of aliphatic carboxylic acids is 1. The van der Waals surface area contributed by atoms with E-state index in [-0.39, 0.29) is 18.1 Å². The molecule has 1 aromatic rings. The van der Waals surface area contributed by atoms with Crippen LogP contribution >= 0.6 is 0 Å². The van der Waals surface area contributed by atoms with Gasteiger partial charge in [0, 0.05) is 25.5 Å². The van der Waals surface area contributed by atoms with Gasteiger partial charge in [0.05, 0.1) is 25.4 Å². The number of nitrogens with zero attached hydrogens (tertiary/aromatic N) is 2. The first-order valence-corrected chi connectivity index (χ1v) is 10.4. The number of aryl methyl sites for hydroxylation is 1. The second-order valence-electron chi connectivity index (χ2n) is 7.70. The third-order valence-corrected chi connectivity index (χ3v) is 5.35. The van der Waals surface area contributed by atoms with Crippen molar-refractivity contribution in [3.8, 4) is 0 Å². The highest BCUT2D eigenvalue weighted by atomic mass is 19.4. The molecule has 1 amide bonds. The summed E-state index contributed by atoms with van der Waals surface area (Å²) in [4.78, 5) is 27.2. The number of likely N-dealkylation sites (tertiary alicyclic amines) is 1. The van der Waals surface area contributed by atoms with E-state index >= 15 is 0 Å². The second-order valence-corrected chi connectivity index (χ2v) is 7.70. The van der Waals surface area contributed by atoms with Crippen LogP contribution in [0.4, 0.5) is 13.2 Å². The predicted molar refractivity (Wildman–Crippen MR) is 107 cm³/mol. The number of hydrogen-bond acceptors (Lipinski definition) is 6. The number of pyridine rings is 1. The number of rotatable bonds is 8. The van der Waals surface area contributed by atoms with E-state index in [9.17, 15) is 18.0 Å². The second kappa shape index (κ2) is 11.6. The van der Waals surface area contributed by atoms with Crippen LogP contribution < -0.4 is 0 Å². The number of hydrogen-bond donors (Lipinski definition) is 1. The third-order valence-electron chi connectivity index (χ3n) is 5.35. The number of ether oxygens (including phenoxy) is 3. The summed E-state index contributed by atoms with van der Waals surface area (Å²) in [6.07, 6.45) is -3.08. The molecule has 32 heavy (non-hydrogen) atoms. The van der Waals surface area contributed by atoms with E-state index in [1.54, 1.807) is 0 Å². The molecule has 0 aromatic carbocycles. The molecular weight excluding hydrogens is 433 g/mol. The summed E-state index contributed by atoms with van der Waals surface area (Å²) in [7, 11) is 0. The number of carboxylic acids is 1. The van der Waals surface area contributed by atoms with Crippen LogP contribution in [0.3, 0.4) is 0 Å². The van der Waals surface area contributed by atoms with Gasteiger partial charge in [-0.2, -0.15) is 13.2 Å². The van der Waals surface area contributed by atoms with E-state index in [2.05, 4.69) is 4.98 Å². The van der Waals surface area contributed by atoms with E-state index in [0.29, 0.717) is 38.8 Å². The van der Waals surface area contributed by atoms with Crippen molar-refractivity contribution in [2.45, 2.75) is 45.1 Å². The smallest absolute Gasteiger partial charge is 0.475 e. The summed E-state index contributed by atoms with van der Waals surface area (Å²) in [5.41, 5.74) is 1.82. The van der Waals surface area contributed by atoms with E-state index in [0.717, 1.165) is 30.8 Å². The Hall–Kier alpha value is -2.24. The van der Waals surface area contributed by atoms with E-state index in [4.69, 9.17) is 24.1 Å². The van der Waals surface area contributed by atoms with Crippen molar-refractivity contribution in [1.82, 2.24) is 9.88 Å². The molecule has 8 nitrogen and oxygen atoms in total. The summed E-state index contributed by atoms with van der Waals surface area (Å²) in [5.74, 6) is -2.25. The topological polar surface area (TPSA) is 98.2 Å². The summed E-state index contributed by atoms with van der Waals surface area (Å²) >= 11 is 0. The van der Waals surface area contributed by atoms with Gasteiger partial charge in [-0.3, -0.25) is 9.78 Å². The molecule has 0 bridgehead atoms. The average molecular weight is 462 g/mol. The first kappa shape index (κ1) is 26.0. The van der Waals surface area contributed by atoms with Crippen LogP contribution in [0, 0.1) is 12.8 Å². The third kappa shape index (κ3) is 7.42. The lowest BCUT2D eigenvalue weighted by Crippen LogP contribution is -2.66. The van der Waals surface area contributed by atoms with Crippen LogP contribution in [-0.2, 0) is 30.4 Å². The zero-order valence-corrected chi connectivity index (χ0v) is 18.2. The normalized spacial score (nSPS) is 19.3. The van der Waals surface area contributed by atoms with Crippen molar-refractivity contribution in [1.29, 1.82) is 0 Å². The maximum atomic E-state index is 12.0. The molecule has 180 valence electrons. The number of halogens is 3. The standard InChI is InChI=1S/C19H28N2O4.C2HF3O2/c1-3-23-12-18(22)21-13-19(14-21)16(8-10-25-19)7-9-24-11-17-6-4-5-15(2)20-17;3-2(4,5)1(6)7/h4-6,16H,3,7-14H2,1-2H3;(H,6,7). The van der Waals surface area contributed by atoms with Crippen LogP contribution in [0.15, 0.2) is 18.2 Å². The zero-order chi connectivity index (χ0) is 23.8. The van der Waals surface area contributed by atoms with Crippen LogP contribution in [0.5, 0.6) is 0 Å².